The van der Waals surface area contributed by atoms with E-state index in [1.54, 1.807) is 6.20 Å². The third kappa shape index (κ3) is 2.80. The number of aromatic nitrogens is 2. The van der Waals surface area contributed by atoms with Gasteiger partial charge in [-0.3, -0.25) is 4.79 Å². The molecule has 15 heavy (non-hydrogen) atoms. The van der Waals surface area contributed by atoms with Crippen LogP contribution in [0.25, 0.3) is 0 Å². The second kappa shape index (κ2) is 5.09. The summed E-state index contributed by atoms with van der Waals surface area (Å²) in [6, 6.07) is 0. The lowest BCUT2D eigenvalue weighted by atomic mass is 10.00. The molecule has 0 saturated heterocycles. The van der Waals surface area contributed by atoms with Crippen LogP contribution in [0.3, 0.4) is 0 Å². The molecule has 1 heterocycles. The van der Waals surface area contributed by atoms with E-state index in [-0.39, 0.29) is 5.56 Å². The predicted molar refractivity (Wildman–Crippen MR) is 68.0 cm³/mol. The molecule has 1 saturated carbocycles. The molecule has 2 rings (SSSR count). The van der Waals surface area contributed by atoms with E-state index < -0.39 is 0 Å². The maximum Gasteiger partial charge on any atom is 0.264 e. The van der Waals surface area contributed by atoms with Gasteiger partial charge in [0.2, 0.25) is 0 Å². The summed E-state index contributed by atoms with van der Waals surface area (Å²) in [5, 5.41) is 0. The Kier molecular flexibility index (Phi) is 3.77. The minimum atomic E-state index is 0.00449. The van der Waals surface area contributed by atoms with Crippen molar-refractivity contribution in [3.8, 4) is 0 Å². The van der Waals surface area contributed by atoms with Gasteiger partial charge in [0.05, 0.1) is 3.57 Å². The fraction of sp³-hybridized carbons (Fsp3) is 0.636. The fourth-order valence-corrected chi connectivity index (χ4v) is 2.43. The average Bonchev–Trinajstić information content (AvgIpc) is 2.50. The first-order chi connectivity index (χ1) is 7.27. The van der Waals surface area contributed by atoms with E-state index in [0.717, 1.165) is 5.82 Å². The second-order valence-corrected chi connectivity index (χ2v) is 5.30. The van der Waals surface area contributed by atoms with Crippen LogP contribution >= 0.6 is 22.6 Å². The van der Waals surface area contributed by atoms with Gasteiger partial charge in [-0.25, -0.2) is 4.98 Å². The molecule has 0 bridgehead atoms. The standard InChI is InChI=1S/C11H15IN2O/c12-9-7-13-10(14-11(9)15)8-5-3-1-2-4-6-8/h7-8H,1-6H2,(H,13,14,15). The molecule has 4 heteroatoms. The summed E-state index contributed by atoms with van der Waals surface area (Å²) < 4.78 is 0.671. The molecular formula is C11H15IN2O. The SMILES string of the molecule is O=c1[nH]c(C2CCCCCC2)ncc1I. The number of nitrogens with zero attached hydrogens (tertiary/aromatic N) is 1. The summed E-state index contributed by atoms with van der Waals surface area (Å²) in [5.74, 6) is 1.36. The number of H-pyrrole nitrogens is 1. The lowest BCUT2D eigenvalue weighted by Gasteiger charge is -2.12. The molecule has 0 radical (unpaired) electrons. The highest BCUT2D eigenvalue weighted by atomic mass is 127. The van der Waals surface area contributed by atoms with Crippen molar-refractivity contribution in [1.29, 1.82) is 0 Å². The molecule has 0 spiro atoms. The van der Waals surface area contributed by atoms with Crippen molar-refractivity contribution in [3.05, 3.63) is 25.9 Å². The van der Waals surface area contributed by atoms with Gasteiger partial charge in [-0.2, -0.15) is 0 Å². The van der Waals surface area contributed by atoms with Gasteiger partial charge in [-0.1, -0.05) is 25.7 Å². The lowest BCUT2D eigenvalue weighted by Crippen LogP contribution is -2.16. The topological polar surface area (TPSA) is 45.8 Å². The maximum absolute atomic E-state index is 11.5. The quantitative estimate of drug-likeness (QED) is 0.639. The van der Waals surface area contributed by atoms with E-state index in [1.807, 2.05) is 22.6 Å². The molecule has 1 aliphatic rings. The van der Waals surface area contributed by atoms with Gasteiger partial charge in [0, 0.05) is 12.1 Å². The molecule has 1 N–H and O–H groups in total. The van der Waals surface area contributed by atoms with Crippen molar-refractivity contribution in [2.75, 3.05) is 0 Å². The maximum atomic E-state index is 11.5. The smallest absolute Gasteiger partial charge is 0.264 e. The number of nitrogens with one attached hydrogen (secondary N) is 1. The summed E-state index contributed by atoms with van der Waals surface area (Å²) in [5.41, 5.74) is 0.00449. The molecule has 0 aliphatic heterocycles. The summed E-state index contributed by atoms with van der Waals surface area (Å²) in [6.07, 6.45) is 9.20. The Bertz CT molecular complexity index is 380. The van der Waals surface area contributed by atoms with Gasteiger partial charge in [-0.05, 0) is 35.4 Å². The van der Waals surface area contributed by atoms with Crippen LogP contribution < -0.4 is 5.56 Å². The van der Waals surface area contributed by atoms with Crippen LogP contribution in [0, 0.1) is 3.57 Å². The molecule has 3 nitrogen and oxygen atoms in total. The molecule has 1 fully saturated rings. The molecule has 0 aromatic carbocycles. The van der Waals surface area contributed by atoms with E-state index in [2.05, 4.69) is 9.97 Å². The summed E-state index contributed by atoms with van der Waals surface area (Å²) >= 11 is 2.01. The summed E-state index contributed by atoms with van der Waals surface area (Å²) in [6.45, 7) is 0. The van der Waals surface area contributed by atoms with E-state index in [0.29, 0.717) is 9.49 Å². The molecule has 82 valence electrons. The highest BCUT2D eigenvalue weighted by Crippen LogP contribution is 2.28. The first-order valence-corrected chi connectivity index (χ1v) is 6.60. The largest absolute Gasteiger partial charge is 0.309 e. The summed E-state index contributed by atoms with van der Waals surface area (Å²) in [7, 11) is 0. The fourth-order valence-electron chi connectivity index (χ4n) is 2.15. The van der Waals surface area contributed by atoms with Crippen molar-refractivity contribution in [1.82, 2.24) is 9.97 Å². The zero-order chi connectivity index (χ0) is 10.7. The Morgan fingerprint density at radius 3 is 2.53 bits per heavy atom. The van der Waals surface area contributed by atoms with Crippen LogP contribution in [0.5, 0.6) is 0 Å². The molecule has 1 aliphatic carbocycles. The van der Waals surface area contributed by atoms with E-state index >= 15 is 0 Å². The lowest BCUT2D eigenvalue weighted by molar-refractivity contribution is 0.558. The zero-order valence-corrected chi connectivity index (χ0v) is 10.8. The normalized spacial score (nSPS) is 18.7. The Hall–Kier alpha value is -0.390. The first-order valence-electron chi connectivity index (χ1n) is 5.52. The number of hydrogen-bond acceptors (Lipinski definition) is 2. The summed E-state index contributed by atoms with van der Waals surface area (Å²) in [4.78, 5) is 18.7. The van der Waals surface area contributed by atoms with Crippen LogP contribution in [0.4, 0.5) is 0 Å². The highest BCUT2D eigenvalue weighted by molar-refractivity contribution is 14.1. The highest BCUT2D eigenvalue weighted by Gasteiger charge is 2.16. The molecule has 1 aromatic rings. The average molecular weight is 318 g/mol. The Balaban J connectivity index is 2.20. The van der Waals surface area contributed by atoms with E-state index in [9.17, 15) is 4.79 Å². The molecule has 0 amide bonds. The number of halogens is 1. The van der Waals surface area contributed by atoms with E-state index in [4.69, 9.17) is 0 Å². The minimum absolute atomic E-state index is 0.00449. The minimum Gasteiger partial charge on any atom is -0.309 e. The molecular weight excluding hydrogens is 303 g/mol. The number of aromatic amines is 1. The van der Waals surface area contributed by atoms with Gasteiger partial charge in [0.25, 0.3) is 5.56 Å². The second-order valence-electron chi connectivity index (χ2n) is 4.13. The predicted octanol–water partition coefficient (Wildman–Crippen LogP) is 2.81. The van der Waals surface area contributed by atoms with Crippen LogP contribution in [-0.2, 0) is 0 Å². The molecule has 0 atom stereocenters. The van der Waals surface area contributed by atoms with Crippen LogP contribution in [0.1, 0.15) is 50.3 Å². The molecule has 1 aromatic heterocycles. The van der Waals surface area contributed by atoms with Crippen LogP contribution in [0.2, 0.25) is 0 Å². The third-order valence-electron chi connectivity index (χ3n) is 3.02. The Morgan fingerprint density at radius 2 is 1.93 bits per heavy atom. The van der Waals surface area contributed by atoms with Crippen molar-refractivity contribution >= 4 is 22.6 Å². The van der Waals surface area contributed by atoms with Crippen molar-refractivity contribution in [2.45, 2.75) is 44.4 Å². The van der Waals surface area contributed by atoms with Gasteiger partial charge in [0.1, 0.15) is 5.82 Å². The Morgan fingerprint density at radius 1 is 1.27 bits per heavy atom. The van der Waals surface area contributed by atoms with Crippen molar-refractivity contribution < 1.29 is 0 Å². The van der Waals surface area contributed by atoms with Gasteiger partial charge >= 0.3 is 0 Å². The van der Waals surface area contributed by atoms with Gasteiger partial charge < -0.3 is 4.98 Å². The molecule has 0 unspecified atom stereocenters. The van der Waals surface area contributed by atoms with Crippen LogP contribution in [0.15, 0.2) is 11.0 Å². The monoisotopic (exact) mass is 318 g/mol. The van der Waals surface area contributed by atoms with E-state index in [1.165, 1.54) is 38.5 Å². The number of hydrogen-bond donors (Lipinski definition) is 1. The van der Waals surface area contributed by atoms with Crippen LogP contribution in [-0.4, -0.2) is 9.97 Å². The third-order valence-corrected chi connectivity index (χ3v) is 3.79. The van der Waals surface area contributed by atoms with Gasteiger partial charge in [0.15, 0.2) is 0 Å². The van der Waals surface area contributed by atoms with Crippen molar-refractivity contribution in [2.24, 2.45) is 0 Å². The Labute approximate surface area is 103 Å². The van der Waals surface area contributed by atoms with Gasteiger partial charge in [-0.15, -0.1) is 0 Å². The first kappa shape index (κ1) is 11.1. The zero-order valence-electron chi connectivity index (χ0n) is 8.63. The number of rotatable bonds is 1. The van der Waals surface area contributed by atoms with Crippen molar-refractivity contribution in [3.63, 3.8) is 0 Å².